The van der Waals surface area contributed by atoms with Crippen LogP contribution in [0, 0.1) is 6.92 Å². The van der Waals surface area contributed by atoms with Gasteiger partial charge < -0.3 is 19.7 Å². The Morgan fingerprint density at radius 3 is 2.69 bits per heavy atom. The van der Waals surface area contributed by atoms with Crippen molar-refractivity contribution in [2.24, 2.45) is 4.99 Å². The number of nitrogens with one attached hydrogen (secondary N) is 1. The number of nitrogens with zero attached hydrogens (tertiary/aromatic N) is 5. The fraction of sp³-hybridized carbons (Fsp3) is 0.571. The average Bonchev–Trinajstić information content (AvgIpc) is 3.19. The summed E-state index contributed by atoms with van der Waals surface area (Å²) in [5.74, 6) is 2.73. The van der Waals surface area contributed by atoms with Crippen molar-refractivity contribution in [2.75, 3.05) is 40.5 Å². The molecule has 8 nitrogen and oxygen atoms in total. The average molecular weight is 401 g/mol. The van der Waals surface area contributed by atoms with Crippen molar-refractivity contribution in [2.45, 2.75) is 38.8 Å². The van der Waals surface area contributed by atoms with E-state index in [2.05, 4.69) is 31.2 Å². The van der Waals surface area contributed by atoms with E-state index in [9.17, 15) is 0 Å². The molecule has 1 fully saturated rings. The van der Waals surface area contributed by atoms with Crippen LogP contribution in [0.3, 0.4) is 0 Å². The predicted octanol–water partition coefficient (Wildman–Crippen LogP) is 2.17. The topological polar surface area (TPSA) is 76.8 Å². The lowest BCUT2D eigenvalue weighted by Gasteiger charge is -2.34. The van der Waals surface area contributed by atoms with Gasteiger partial charge in [0.25, 0.3) is 0 Å². The lowest BCUT2D eigenvalue weighted by molar-refractivity contribution is 0.00989. The van der Waals surface area contributed by atoms with Crippen molar-refractivity contribution in [1.29, 1.82) is 0 Å². The third kappa shape index (κ3) is 6.01. The number of rotatable bonds is 8. The van der Waals surface area contributed by atoms with E-state index in [1.165, 1.54) is 0 Å². The maximum Gasteiger partial charge on any atom is 0.193 e. The quantitative estimate of drug-likeness (QED) is 0.416. The first-order chi connectivity index (χ1) is 14.2. The second kappa shape index (κ2) is 10.9. The van der Waals surface area contributed by atoms with E-state index in [0.29, 0.717) is 12.6 Å². The number of hydrogen-bond acceptors (Lipinski definition) is 5. The minimum absolute atomic E-state index is 0.338. The molecule has 0 saturated carbocycles. The molecule has 1 aliphatic rings. The molecule has 1 aliphatic heterocycles. The zero-order chi connectivity index (χ0) is 20.5. The molecule has 1 N–H and O–H groups in total. The largest absolute Gasteiger partial charge is 0.385 e. The zero-order valence-corrected chi connectivity index (χ0v) is 17.7. The number of guanidine groups is 1. The molecule has 2 aromatic heterocycles. The molecule has 0 aromatic carbocycles. The second-order valence-electron chi connectivity index (χ2n) is 7.17. The van der Waals surface area contributed by atoms with Crippen LogP contribution in [-0.2, 0) is 16.0 Å². The van der Waals surface area contributed by atoms with Gasteiger partial charge in [-0.25, -0.2) is 9.97 Å². The fourth-order valence-electron chi connectivity index (χ4n) is 3.48. The van der Waals surface area contributed by atoms with Gasteiger partial charge >= 0.3 is 0 Å². The predicted molar refractivity (Wildman–Crippen MR) is 113 cm³/mol. The number of pyridine rings is 1. The number of methoxy groups -OCH3 is 1. The number of aliphatic imine (C=N–C) groups is 1. The standard InChI is InChI=1S/C21H32N6O2/c1-17-23-9-12-27(17)20-6-5-18(15-24-20)16-25-21(22-2)26-10-7-19(8-11-26)29-14-4-13-28-3/h5-6,9,12,15,19H,4,7-8,10-11,13-14,16H2,1-3H3,(H,22,25). The molecule has 0 atom stereocenters. The van der Waals surface area contributed by atoms with Crippen LogP contribution in [0.15, 0.2) is 35.7 Å². The summed E-state index contributed by atoms with van der Waals surface area (Å²) in [6, 6.07) is 4.10. The Bertz CT molecular complexity index is 766. The van der Waals surface area contributed by atoms with Crippen LogP contribution in [0.1, 0.15) is 30.7 Å². The summed E-state index contributed by atoms with van der Waals surface area (Å²) in [5.41, 5.74) is 1.11. The minimum Gasteiger partial charge on any atom is -0.385 e. The maximum atomic E-state index is 5.94. The Kier molecular flexibility index (Phi) is 8.01. The van der Waals surface area contributed by atoms with Crippen molar-refractivity contribution in [3.63, 3.8) is 0 Å². The Balaban J connectivity index is 1.44. The molecule has 2 aromatic rings. The van der Waals surface area contributed by atoms with E-state index in [1.54, 1.807) is 13.3 Å². The normalized spacial score (nSPS) is 15.7. The monoisotopic (exact) mass is 400 g/mol. The third-order valence-corrected chi connectivity index (χ3v) is 5.13. The summed E-state index contributed by atoms with van der Waals surface area (Å²) < 4.78 is 13.0. The van der Waals surface area contributed by atoms with Crippen LogP contribution in [-0.4, -0.2) is 72.0 Å². The van der Waals surface area contributed by atoms with Crippen molar-refractivity contribution < 1.29 is 9.47 Å². The third-order valence-electron chi connectivity index (χ3n) is 5.13. The van der Waals surface area contributed by atoms with Gasteiger partial charge in [0.05, 0.1) is 6.10 Å². The molecule has 0 bridgehead atoms. The van der Waals surface area contributed by atoms with Gasteiger partial charge in [0.15, 0.2) is 5.96 Å². The summed E-state index contributed by atoms with van der Waals surface area (Å²) >= 11 is 0. The van der Waals surface area contributed by atoms with E-state index in [-0.39, 0.29) is 0 Å². The first-order valence-corrected chi connectivity index (χ1v) is 10.2. The molecule has 0 radical (unpaired) electrons. The molecule has 0 spiro atoms. The number of ether oxygens (including phenoxy) is 2. The van der Waals surface area contributed by atoms with Crippen LogP contribution in [0.5, 0.6) is 0 Å². The number of aryl methyl sites for hydroxylation is 1. The number of imidazole rings is 1. The Morgan fingerprint density at radius 1 is 1.24 bits per heavy atom. The van der Waals surface area contributed by atoms with Crippen LogP contribution in [0.2, 0.25) is 0 Å². The summed E-state index contributed by atoms with van der Waals surface area (Å²) in [4.78, 5) is 15.5. The molecular formula is C21H32N6O2. The lowest BCUT2D eigenvalue weighted by Crippen LogP contribution is -2.46. The number of likely N-dealkylation sites (tertiary alicyclic amines) is 1. The zero-order valence-electron chi connectivity index (χ0n) is 17.7. The smallest absolute Gasteiger partial charge is 0.193 e. The van der Waals surface area contributed by atoms with Crippen molar-refractivity contribution >= 4 is 5.96 Å². The number of piperidine rings is 1. The van der Waals surface area contributed by atoms with Gasteiger partial charge in [-0.05, 0) is 37.8 Å². The molecule has 0 unspecified atom stereocenters. The van der Waals surface area contributed by atoms with E-state index < -0.39 is 0 Å². The summed E-state index contributed by atoms with van der Waals surface area (Å²) in [6.45, 7) is 6.09. The van der Waals surface area contributed by atoms with Gasteiger partial charge in [-0.2, -0.15) is 0 Å². The van der Waals surface area contributed by atoms with Crippen LogP contribution < -0.4 is 5.32 Å². The van der Waals surface area contributed by atoms with Crippen molar-refractivity contribution in [3.05, 3.63) is 42.1 Å². The van der Waals surface area contributed by atoms with Gasteiger partial charge in [0.1, 0.15) is 11.6 Å². The fourth-order valence-corrected chi connectivity index (χ4v) is 3.48. The van der Waals surface area contributed by atoms with E-state index in [1.807, 2.05) is 37.0 Å². The maximum absolute atomic E-state index is 5.94. The highest BCUT2D eigenvalue weighted by Gasteiger charge is 2.21. The van der Waals surface area contributed by atoms with E-state index in [0.717, 1.165) is 68.7 Å². The first kappa shape index (κ1) is 21.3. The van der Waals surface area contributed by atoms with Crippen LogP contribution in [0.25, 0.3) is 5.82 Å². The van der Waals surface area contributed by atoms with Gasteiger partial charge in [-0.15, -0.1) is 0 Å². The highest BCUT2D eigenvalue weighted by atomic mass is 16.5. The summed E-state index contributed by atoms with van der Waals surface area (Å²) in [7, 11) is 3.56. The van der Waals surface area contributed by atoms with Crippen molar-refractivity contribution in [3.8, 4) is 5.82 Å². The molecule has 1 saturated heterocycles. The second-order valence-corrected chi connectivity index (χ2v) is 7.17. The molecule has 0 amide bonds. The Labute approximate surface area is 173 Å². The summed E-state index contributed by atoms with van der Waals surface area (Å²) in [5, 5.41) is 3.46. The van der Waals surface area contributed by atoms with E-state index in [4.69, 9.17) is 9.47 Å². The summed E-state index contributed by atoms with van der Waals surface area (Å²) in [6.07, 6.45) is 8.93. The molecule has 3 rings (SSSR count). The van der Waals surface area contributed by atoms with Gasteiger partial charge in [-0.1, -0.05) is 6.07 Å². The van der Waals surface area contributed by atoms with Crippen LogP contribution in [0.4, 0.5) is 0 Å². The van der Waals surface area contributed by atoms with Gasteiger partial charge in [0.2, 0.25) is 0 Å². The van der Waals surface area contributed by atoms with Gasteiger partial charge in [-0.3, -0.25) is 9.56 Å². The van der Waals surface area contributed by atoms with Crippen molar-refractivity contribution in [1.82, 2.24) is 24.8 Å². The van der Waals surface area contributed by atoms with Crippen LogP contribution >= 0.6 is 0 Å². The first-order valence-electron chi connectivity index (χ1n) is 10.2. The van der Waals surface area contributed by atoms with E-state index >= 15 is 0 Å². The molecule has 29 heavy (non-hydrogen) atoms. The van der Waals surface area contributed by atoms with Gasteiger partial charge in [0, 0.05) is 65.6 Å². The molecule has 8 heteroatoms. The Hall–Kier alpha value is -2.45. The number of aromatic nitrogens is 3. The molecule has 0 aliphatic carbocycles. The minimum atomic E-state index is 0.338. The molecule has 3 heterocycles. The molecule has 158 valence electrons. The highest BCUT2D eigenvalue weighted by molar-refractivity contribution is 5.79. The lowest BCUT2D eigenvalue weighted by atomic mass is 10.1. The Morgan fingerprint density at radius 2 is 2.07 bits per heavy atom. The molecular weight excluding hydrogens is 368 g/mol. The SMILES string of the molecule is CN=C(NCc1ccc(-n2ccnc2C)nc1)N1CCC(OCCCOC)CC1. The highest BCUT2D eigenvalue weighted by Crippen LogP contribution is 2.14. The number of hydrogen-bond donors (Lipinski definition) is 1.